The van der Waals surface area contributed by atoms with Crippen molar-refractivity contribution in [2.45, 2.75) is 46.2 Å². The van der Waals surface area contributed by atoms with E-state index in [1.807, 2.05) is 17.7 Å². The first kappa shape index (κ1) is 23.4. The Labute approximate surface area is 183 Å². The standard InChI is InChI=1S/C20H32FN7O2S/c1-5-8-28-17(11-15(2)25-28)13-26(3)20-18(21)19(23-14-24-20)22-12-16-6-9-27(10-7-16)31(4,29)30/h11,14,16H,5-10,12-13H2,1-4H3,(H,22,23,24). The molecule has 2 aromatic rings. The first-order valence-corrected chi connectivity index (χ1v) is 12.5. The van der Waals surface area contributed by atoms with Crippen molar-refractivity contribution in [3.05, 3.63) is 29.6 Å². The van der Waals surface area contributed by atoms with Gasteiger partial charge in [0.1, 0.15) is 6.33 Å². The Morgan fingerprint density at radius 1 is 1.29 bits per heavy atom. The lowest BCUT2D eigenvalue weighted by Crippen LogP contribution is -2.39. The van der Waals surface area contributed by atoms with Crippen LogP contribution in [0.5, 0.6) is 0 Å². The normalized spacial score (nSPS) is 15.9. The molecule has 0 aliphatic carbocycles. The Hall–Kier alpha value is -2.27. The zero-order chi connectivity index (χ0) is 22.6. The van der Waals surface area contributed by atoms with Crippen LogP contribution in [-0.4, -0.2) is 65.4 Å². The third-order valence-electron chi connectivity index (χ3n) is 5.55. The van der Waals surface area contributed by atoms with Crippen LogP contribution >= 0.6 is 0 Å². The highest BCUT2D eigenvalue weighted by Gasteiger charge is 2.25. The van der Waals surface area contributed by atoms with Gasteiger partial charge in [-0.2, -0.15) is 9.49 Å². The highest BCUT2D eigenvalue weighted by molar-refractivity contribution is 7.88. The van der Waals surface area contributed by atoms with E-state index < -0.39 is 15.8 Å². The van der Waals surface area contributed by atoms with Crippen LogP contribution < -0.4 is 10.2 Å². The van der Waals surface area contributed by atoms with E-state index in [0.717, 1.165) is 37.2 Å². The lowest BCUT2D eigenvalue weighted by atomic mass is 9.98. The van der Waals surface area contributed by atoms with E-state index in [-0.39, 0.29) is 17.6 Å². The second-order valence-corrected chi connectivity index (χ2v) is 10.2. The number of nitrogens with one attached hydrogen (secondary N) is 1. The van der Waals surface area contributed by atoms with Gasteiger partial charge in [0.15, 0.2) is 11.6 Å². The van der Waals surface area contributed by atoms with Crippen LogP contribution in [0, 0.1) is 18.7 Å². The maximum absolute atomic E-state index is 15.1. The Balaban J connectivity index is 1.62. The number of anilines is 2. The molecule has 1 aliphatic heterocycles. The predicted octanol–water partition coefficient (Wildman–Crippen LogP) is 2.25. The largest absolute Gasteiger partial charge is 0.367 e. The van der Waals surface area contributed by atoms with Gasteiger partial charge in [-0.05, 0) is 38.2 Å². The number of piperidine rings is 1. The summed E-state index contributed by atoms with van der Waals surface area (Å²) in [5.41, 5.74) is 1.94. The molecule has 0 saturated carbocycles. The first-order chi connectivity index (χ1) is 14.7. The minimum absolute atomic E-state index is 0.167. The van der Waals surface area contributed by atoms with Crippen LogP contribution in [0.2, 0.25) is 0 Å². The summed E-state index contributed by atoms with van der Waals surface area (Å²) in [5, 5.41) is 7.59. The summed E-state index contributed by atoms with van der Waals surface area (Å²) in [7, 11) is -1.35. The van der Waals surface area contributed by atoms with Gasteiger partial charge in [0.25, 0.3) is 0 Å². The summed E-state index contributed by atoms with van der Waals surface area (Å²) in [4.78, 5) is 9.98. The second-order valence-electron chi connectivity index (χ2n) is 8.20. The SMILES string of the molecule is CCCn1nc(C)cc1CN(C)c1ncnc(NCC2CCN(S(C)(=O)=O)CC2)c1F. The molecular formula is C20H32FN7O2S. The average Bonchev–Trinajstić information content (AvgIpc) is 3.05. The maximum Gasteiger partial charge on any atom is 0.211 e. The average molecular weight is 454 g/mol. The highest BCUT2D eigenvalue weighted by atomic mass is 32.2. The fourth-order valence-corrected chi connectivity index (χ4v) is 4.76. The van der Waals surface area contributed by atoms with Gasteiger partial charge in [-0.1, -0.05) is 6.92 Å². The molecule has 0 aromatic carbocycles. The number of aromatic nitrogens is 4. The molecule has 0 unspecified atom stereocenters. The highest BCUT2D eigenvalue weighted by Crippen LogP contribution is 2.24. The van der Waals surface area contributed by atoms with Gasteiger partial charge in [0.2, 0.25) is 15.8 Å². The van der Waals surface area contributed by atoms with Crippen LogP contribution in [0.1, 0.15) is 37.6 Å². The van der Waals surface area contributed by atoms with Gasteiger partial charge in [0.05, 0.1) is 24.2 Å². The fraction of sp³-hybridized carbons (Fsp3) is 0.650. The van der Waals surface area contributed by atoms with E-state index >= 15 is 4.39 Å². The molecule has 9 nitrogen and oxygen atoms in total. The molecule has 0 radical (unpaired) electrons. The molecule has 1 fully saturated rings. The number of hydrogen-bond donors (Lipinski definition) is 1. The molecule has 0 spiro atoms. The molecule has 3 rings (SSSR count). The van der Waals surface area contributed by atoms with Gasteiger partial charge < -0.3 is 10.2 Å². The van der Waals surface area contributed by atoms with E-state index in [4.69, 9.17) is 0 Å². The van der Waals surface area contributed by atoms with Crippen LogP contribution in [-0.2, 0) is 23.1 Å². The van der Waals surface area contributed by atoms with Crippen molar-refractivity contribution >= 4 is 21.7 Å². The summed E-state index contributed by atoms with van der Waals surface area (Å²) in [6.45, 7) is 6.87. The zero-order valence-corrected chi connectivity index (χ0v) is 19.5. The van der Waals surface area contributed by atoms with Crippen LogP contribution in [0.4, 0.5) is 16.0 Å². The van der Waals surface area contributed by atoms with Crippen LogP contribution in [0.25, 0.3) is 0 Å². The number of halogens is 1. The lowest BCUT2D eigenvalue weighted by Gasteiger charge is -2.30. The molecule has 0 bridgehead atoms. The Morgan fingerprint density at radius 2 is 2.00 bits per heavy atom. The second kappa shape index (κ2) is 9.90. The lowest BCUT2D eigenvalue weighted by molar-refractivity contribution is 0.283. The number of sulfonamides is 1. The van der Waals surface area contributed by atoms with Crippen molar-refractivity contribution < 1.29 is 12.8 Å². The molecule has 0 amide bonds. The molecular weight excluding hydrogens is 421 g/mol. The molecule has 3 heterocycles. The summed E-state index contributed by atoms with van der Waals surface area (Å²) < 4.78 is 41.8. The van der Waals surface area contributed by atoms with E-state index in [0.29, 0.717) is 26.2 Å². The molecule has 1 N–H and O–H groups in total. The topological polar surface area (TPSA) is 96.2 Å². The van der Waals surface area contributed by atoms with E-state index in [9.17, 15) is 8.42 Å². The molecule has 1 saturated heterocycles. The van der Waals surface area contributed by atoms with Gasteiger partial charge in [-0.15, -0.1) is 0 Å². The van der Waals surface area contributed by atoms with E-state index in [1.54, 1.807) is 11.9 Å². The van der Waals surface area contributed by atoms with Gasteiger partial charge >= 0.3 is 0 Å². The Morgan fingerprint density at radius 3 is 2.65 bits per heavy atom. The van der Waals surface area contributed by atoms with Crippen LogP contribution in [0.3, 0.4) is 0 Å². The summed E-state index contributed by atoms with van der Waals surface area (Å²) in [5.74, 6) is 0.170. The number of rotatable bonds is 9. The summed E-state index contributed by atoms with van der Waals surface area (Å²) >= 11 is 0. The zero-order valence-electron chi connectivity index (χ0n) is 18.7. The molecule has 11 heteroatoms. The maximum atomic E-state index is 15.1. The predicted molar refractivity (Wildman–Crippen MR) is 119 cm³/mol. The van der Waals surface area contributed by atoms with Gasteiger partial charge in [-0.3, -0.25) is 4.68 Å². The fourth-order valence-electron chi connectivity index (χ4n) is 3.89. The minimum Gasteiger partial charge on any atom is -0.367 e. The van der Waals surface area contributed by atoms with Crippen molar-refractivity contribution in [3.8, 4) is 0 Å². The molecule has 31 heavy (non-hydrogen) atoms. The van der Waals surface area contributed by atoms with Gasteiger partial charge in [0, 0.05) is 33.2 Å². The molecule has 172 valence electrons. The number of aryl methyl sites for hydroxylation is 2. The van der Waals surface area contributed by atoms with E-state index in [2.05, 4.69) is 27.3 Å². The van der Waals surface area contributed by atoms with Crippen molar-refractivity contribution in [2.75, 3.05) is 43.2 Å². The monoisotopic (exact) mass is 453 g/mol. The molecule has 2 aromatic heterocycles. The van der Waals surface area contributed by atoms with E-state index in [1.165, 1.54) is 16.9 Å². The van der Waals surface area contributed by atoms with Crippen molar-refractivity contribution in [1.29, 1.82) is 0 Å². The van der Waals surface area contributed by atoms with Gasteiger partial charge in [-0.25, -0.2) is 22.7 Å². The molecule has 0 atom stereocenters. The third kappa shape index (κ3) is 5.91. The van der Waals surface area contributed by atoms with Crippen molar-refractivity contribution in [3.63, 3.8) is 0 Å². The van der Waals surface area contributed by atoms with Crippen molar-refractivity contribution in [1.82, 2.24) is 24.1 Å². The Kier molecular flexibility index (Phi) is 7.47. The number of nitrogens with zero attached hydrogens (tertiary/aromatic N) is 6. The Bertz CT molecular complexity index is 987. The quantitative estimate of drug-likeness (QED) is 0.622. The molecule has 1 aliphatic rings. The van der Waals surface area contributed by atoms with Crippen LogP contribution in [0.15, 0.2) is 12.4 Å². The first-order valence-electron chi connectivity index (χ1n) is 10.6. The smallest absolute Gasteiger partial charge is 0.211 e. The third-order valence-corrected chi connectivity index (χ3v) is 6.86. The van der Waals surface area contributed by atoms with Crippen molar-refractivity contribution in [2.24, 2.45) is 5.92 Å². The number of hydrogen-bond acceptors (Lipinski definition) is 7. The summed E-state index contributed by atoms with van der Waals surface area (Å²) in [6.07, 6.45) is 5.03. The minimum atomic E-state index is -3.15. The summed E-state index contributed by atoms with van der Waals surface area (Å²) in [6, 6.07) is 2.01.